The van der Waals surface area contributed by atoms with Crippen LogP contribution in [0.1, 0.15) is 30.6 Å². The Morgan fingerprint density at radius 3 is 2.54 bits per heavy atom. The summed E-state index contributed by atoms with van der Waals surface area (Å²) < 4.78 is 1.22. The van der Waals surface area contributed by atoms with Crippen LogP contribution in [0.15, 0.2) is 29.1 Å². The monoisotopic (exact) mass is 332 g/mol. The highest BCUT2D eigenvalue weighted by molar-refractivity contribution is 6.02. The Morgan fingerprint density at radius 1 is 1.25 bits per heavy atom. The van der Waals surface area contributed by atoms with E-state index in [9.17, 15) is 19.5 Å². The second-order valence-corrected chi connectivity index (χ2v) is 5.95. The lowest BCUT2D eigenvalue weighted by atomic mass is 10.1. The molecule has 1 aromatic carbocycles. The lowest BCUT2D eigenvalue weighted by Gasteiger charge is -2.15. The van der Waals surface area contributed by atoms with Crippen LogP contribution in [0.25, 0.3) is 10.9 Å². The third-order valence-electron chi connectivity index (χ3n) is 3.59. The Balaban J connectivity index is 2.60. The van der Waals surface area contributed by atoms with E-state index in [2.05, 4.69) is 5.32 Å². The first-order valence-electron chi connectivity index (χ1n) is 7.67. The van der Waals surface area contributed by atoms with Crippen molar-refractivity contribution in [1.82, 2.24) is 9.88 Å². The molecular weight excluding hydrogens is 312 g/mol. The van der Waals surface area contributed by atoms with Crippen LogP contribution >= 0.6 is 0 Å². The van der Waals surface area contributed by atoms with Gasteiger partial charge in [-0.3, -0.25) is 14.4 Å². The first-order chi connectivity index (χ1) is 11.3. The predicted octanol–water partition coefficient (Wildman–Crippen LogP) is 1.57. The Kier molecular flexibility index (Phi) is 5.23. The molecular formula is C17H20N2O5. The van der Waals surface area contributed by atoms with Gasteiger partial charge in [-0.25, -0.2) is 0 Å². The zero-order chi connectivity index (χ0) is 17.9. The van der Waals surface area contributed by atoms with Crippen LogP contribution in [0.3, 0.4) is 0 Å². The number of carboxylic acids is 1. The van der Waals surface area contributed by atoms with Crippen molar-refractivity contribution in [2.45, 2.75) is 26.8 Å². The maximum Gasteiger partial charge on any atom is 0.305 e. The Hall–Kier alpha value is -2.83. The molecule has 0 radical (unpaired) electrons. The fourth-order valence-corrected chi connectivity index (χ4v) is 2.41. The topological polar surface area (TPSA) is 109 Å². The van der Waals surface area contributed by atoms with Gasteiger partial charge in [0.25, 0.3) is 11.5 Å². The molecule has 0 unspecified atom stereocenters. The summed E-state index contributed by atoms with van der Waals surface area (Å²) in [6.07, 6.45) is -0.262. The number of fused-ring (bicyclic) bond motifs is 1. The highest BCUT2D eigenvalue weighted by Gasteiger charge is 2.22. The zero-order valence-corrected chi connectivity index (χ0v) is 13.6. The molecule has 0 aliphatic heterocycles. The van der Waals surface area contributed by atoms with Gasteiger partial charge in [-0.05, 0) is 18.1 Å². The van der Waals surface area contributed by atoms with Gasteiger partial charge in [0.1, 0.15) is 11.3 Å². The van der Waals surface area contributed by atoms with Gasteiger partial charge in [0, 0.05) is 18.5 Å². The molecule has 2 rings (SSSR count). The standard InChI is InChI=1S/C17H20N2O5/c1-10(2)9-18-16(23)14-15(22)11-5-3-4-6-12(11)19(17(14)24)8-7-13(20)21/h3-6,10,22H,7-9H2,1-2H3,(H,18,23)(H,20,21). The van der Waals surface area contributed by atoms with Crippen molar-refractivity contribution >= 4 is 22.8 Å². The van der Waals surface area contributed by atoms with Crippen molar-refractivity contribution in [2.75, 3.05) is 6.54 Å². The molecule has 1 aromatic heterocycles. The van der Waals surface area contributed by atoms with Crippen molar-refractivity contribution in [3.05, 3.63) is 40.2 Å². The number of carboxylic acid groups (broad SMARTS) is 1. The van der Waals surface area contributed by atoms with Crippen molar-refractivity contribution in [3.63, 3.8) is 0 Å². The van der Waals surface area contributed by atoms with E-state index in [1.807, 2.05) is 13.8 Å². The van der Waals surface area contributed by atoms with Crippen molar-refractivity contribution in [1.29, 1.82) is 0 Å². The van der Waals surface area contributed by atoms with Gasteiger partial charge in [-0.1, -0.05) is 26.0 Å². The summed E-state index contributed by atoms with van der Waals surface area (Å²) in [7, 11) is 0. The lowest BCUT2D eigenvalue weighted by Crippen LogP contribution is -2.35. The van der Waals surface area contributed by atoms with Gasteiger partial charge in [0.05, 0.1) is 11.9 Å². The van der Waals surface area contributed by atoms with Crippen LogP contribution in [-0.2, 0) is 11.3 Å². The van der Waals surface area contributed by atoms with Gasteiger partial charge in [0.2, 0.25) is 0 Å². The van der Waals surface area contributed by atoms with E-state index in [0.29, 0.717) is 17.4 Å². The Bertz CT molecular complexity index is 839. The van der Waals surface area contributed by atoms with E-state index in [0.717, 1.165) is 0 Å². The van der Waals surface area contributed by atoms with Crippen LogP contribution in [0.2, 0.25) is 0 Å². The molecule has 0 saturated heterocycles. The molecule has 2 aromatic rings. The molecule has 0 spiro atoms. The summed E-state index contributed by atoms with van der Waals surface area (Å²) in [4.78, 5) is 35.8. The number of aromatic nitrogens is 1. The third kappa shape index (κ3) is 3.56. The number of benzene rings is 1. The molecule has 0 aliphatic carbocycles. The second-order valence-electron chi connectivity index (χ2n) is 5.95. The van der Waals surface area contributed by atoms with Crippen LogP contribution in [-0.4, -0.2) is 33.2 Å². The molecule has 7 nitrogen and oxygen atoms in total. The number of carbonyl (C=O) groups excluding carboxylic acids is 1. The normalized spacial score (nSPS) is 11.0. The highest BCUT2D eigenvalue weighted by Crippen LogP contribution is 2.26. The SMILES string of the molecule is CC(C)CNC(=O)c1c(O)c2ccccc2n(CCC(=O)O)c1=O. The molecule has 0 aliphatic rings. The maximum atomic E-state index is 12.7. The minimum atomic E-state index is -1.05. The summed E-state index contributed by atoms with van der Waals surface area (Å²) in [5.74, 6) is -1.92. The fourth-order valence-electron chi connectivity index (χ4n) is 2.41. The van der Waals surface area contributed by atoms with Gasteiger partial charge < -0.3 is 20.1 Å². The number of pyridine rings is 1. The van der Waals surface area contributed by atoms with E-state index < -0.39 is 17.4 Å². The molecule has 1 amide bonds. The number of nitrogens with one attached hydrogen (secondary N) is 1. The number of aryl methyl sites for hydroxylation is 1. The van der Waals surface area contributed by atoms with Crippen molar-refractivity contribution in [2.24, 2.45) is 5.92 Å². The summed E-state index contributed by atoms with van der Waals surface area (Å²) >= 11 is 0. The zero-order valence-electron chi connectivity index (χ0n) is 13.6. The molecule has 7 heteroatoms. The van der Waals surface area contributed by atoms with Crippen molar-refractivity contribution in [3.8, 4) is 5.75 Å². The van der Waals surface area contributed by atoms with Gasteiger partial charge in [0.15, 0.2) is 0 Å². The average molecular weight is 332 g/mol. The summed E-state index contributed by atoms with van der Waals surface area (Å²) in [5, 5.41) is 22.2. The van der Waals surface area contributed by atoms with E-state index in [1.54, 1.807) is 24.3 Å². The van der Waals surface area contributed by atoms with Crippen LogP contribution in [0.5, 0.6) is 5.75 Å². The lowest BCUT2D eigenvalue weighted by molar-refractivity contribution is -0.137. The number of hydrogen-bond acceptors (Lipinski definition) is 4. The smallest absolute Gasteiger partial charge is 0.305 e. The quantitative estimate of drug-likeness (QED) is 0.744. The van der Waals surface area contributed by atoms with Crippen molar-refractivity contribution < 1.29 is 19.8 Å². The van der Waals surface area contributed by atoms with E-state index in [4.69, 9.17) is 5.11 Å². The average Bonchev–Trinajstić information content (AvgIpc) is 2.52. The van der Waals surface area contributed by atoms with Crippen LogP contribution < -0.4 is 10.9 Å². The molecule has 24 heavy (non-hydrogen) atoms. The minimum absolute atomic E-state index is 0.0839. The van der Waals surface area contributed by atoms with Crippen LogP contribution in [0.4, 0.5) is 0 Å². The third-order valence-corrected chi connectivity index (χ3v) is 3.59. The molecule has 3 N–H and O–H groups in total. The highest BCUT2D eigenvalue weighted by atomic mass is 16.4. The number of rotatable bonds is 6. The summed E-state index contributed by atoms with van der Waals surface area (Å²) in [6, 6.07) is 6.54. The molecule has 128 valence electrons. The first kappa shape index (κ1) is 17.5. The minimum Gasteiger partial charge on any atom is -0.506 e. The number of carbonyl (C=O) groups is 2. The number of para-hydroxylation sites is 1. The number of aliphatic carboxylic acids is 1. The maximum absolute atomic E-state index is 12.7. The van der Waals surface area contributed by atoms with Crippen LogP contribution in [0, 0.1) is 5.92 Å². The van der Waals surface area contributed by atoms with Gasteiger partial charge in [-0.2, -0.15) is 0 Å². The fraction of sp³-hybridized carbons (Fsp3) is 0.353. The Morgan fingerprint density at radius 2 is 1.92 bits per heavy atom. The van der Waals surface area contributed by atoms with Gasteiger partial charge in [-0.15, -0.1) is 0 Å². The molecule has 0 fully saturated rings. The van der Waals surface area contributed by atoms with Gasteiger partial charge >= 0.3 is 5.97 Å². The van der Waals surface area contributed by atoms with E-state index in [1.165, 1.54) is 4.57 Å². The first-order valence-corrected chi connectivity index (χ1v) is 7.67. The number of amides is 1. The molecule has 0 atom stereocenters. The van der Waals surface area contributed by atoms with E-state index in [-0.39, 0.29) is 30.2 Å². The predicted molar refractivity (Wildman–Crippen MR) is 89.3 cm³/mol. The molecule has 1 heterocycles. The second kappa shape index (κ2) is 7.16. The Labute approximate surface area is 138 Å². The molecule has 0 bridgehead atoms. The largest absolute Gasteiger partial charge is 0.506 e. The van der Waals surface area contributed by atoms with E-state index >= 15 is 0 Å². The number of nitrogens with zero attached hydrogens (tertiary/aromatic N) is 1. The number of aromatic hydroxyl groups is 1. The summed E-state index contributed by atoms with van der Waals surface area (Å²) in [5.41, 5.74) is -0.671. The molecule has 0 saturated carbocycles. The summed E-state index contributed by atoms with van der Waals surface area (Å²) in [6.45, 7) is 4.09. The number of hydrogen-bond donors (Lipinski definition) is 3.